The van der Waals surface area contributed by atoms with Gasteiger partial charge < -0.3 is 10.2 Å². The van der Waals surface area contributed by atoms with Gasteiger partial charge in [-0.2, -0.15) is 4.89 Å². The second-order valence-corrected chi connectivity index (χ2v) is 6.75. The van der Waals surface area contributed by atoms with Crippen LogP contribution in [0.1, 0.15) is 34.6 Å². The Morgan fingerprint density at radius 2 is 1.65 bits per heavy atom. The zero-order chi connectivity index (χ0) is 15.6. The van der Waals surface area contributed by atoms with E-state index in [1.807, 2.05) is 0 Å². The van der Waals surface area contributed by atoms with Gasteiger partial charge in [0.05, 0.1) is 23.0 Å². The lowest BCUT2D eigenvalue weighted by molar-refractivity contribution is -0.466. The molecule has 1 fully saturated rings. The predicted octanol–water partition coefficient (Wildman–Crippen LogP) is 0.518. The van der Waals surface area contributed by atoms with Crippen LogP contribution in [-0.4, -0.2) is 39.8 Å². The quantitative estimate of drug-likeness (QED) is 0.538. The molecule has 1 aliphatic carbocycles. The third kappa shape index (κ3) is 1.65. The van der Waals surface area contributed by atoms with Gasteiger partial charge >= 0.3 is 0 Å². The second-order valence-electron chi connectivity index (χ2n) is 6.75. The molecule has 2 aliphatic rings. The first kappa shape index (κ1) is 15.3. The number of hydrogen-bond donors (Lipinski definition) is 2. The van der Waals surface area contributed by atoms with Crippen molar-refractivity contribution in [3.8, 4) is 0 Å². The van der Waals surface area contributed by atoms with Crippen molar-refractivity contribution in [2.24, 2.45) is 10.8 Å². The van der Waals surface area contributed by atoms with Crippen LogP contribution in [0.4, 0.5) is 0 Å². The standard InChI is InChI=1S/C14H20O6/c1-11(2)9(16)8-6-13(5,7-15)19-20-14(8,18)12(3,4)10(11)17/h6,15,18H,7H2,1-5H3/t13-,14+/m1/s1. The summed E-state index contributed by atoms with van der Waals surface area (Å²) in [5.74, 6) is -3.09. The average molecular weight is 284 g/mol. The molecule has 6 nitrogen and oxygen atoms in total. The van der Waals surface area contributed by atoms with Gasteiger partial charge in [-0.1, -0.05) is 0 Å². The highest BCUT2D eigenvalue weighted by molar-refractivity contribution is 6.19. The number of aliphatic hydroxyl groups excluding tert-OH is 1. The van der Waals surface area contributed by atoms with Crippen LogP contribution in [0.5, 0.6) is 0 Å². The molecular weight excluding hydrogens is 264 g/mol. The largest absolute Gasteiger partial charge is 0.393 e. The first-order valence-corrected chi connectivity index (χ1v) is 6.45. The maximum absolute atomic E-state index is 12.5. The molecular formula is C14H20O6. The van der Waals surface area contributed by atoms with Crippen LogP contribution in [-0.2, 0) is 19.4 Å². The fourth-order valence-electron chi connectivity index (χ4n) is 2.73. The maximum Gasteiger partial charge on any atom is 0.240 e. The lowest BCUT2D eigenvalue weighted by atomic mass is 9.57. The van der Waals surface area contributed by atoms with Crippen molar-refractivity contribution in [3.63, 3.8) is 0 Å². The number of hydrogen-bond acceptors (Lipinski definition) is 6. The van der Waals surface area contributed by atoms with Gasteiger partial charge in [-0.05, 0) is 40.7 Å². The molecule has 0 spiro atoms. The van der Waals surface area contributed by atoms with Gasteiger partial charge in [-0.25, -0.2) is 4.89 Å². The lowest BCUT2D eigenvalue weighted by Gasteiger charge is -2.52. The van der Waals surface area contributed by atoms with E-state index in [1.165, 1.54) is 40.7 Å². The van der Waals surface area contributed by atoms with Crippen molar-refractivity contribution < 1.29 is 29.6 Å². The molecule has 0 unspecified atom stereocenters. The van der Waals surface area contributed by atoms with Crippen molar-refractivity contribution in [2.75, 3.05) is 6.61 Å². The molecule has 1 heterocycles. The number of carbonyl (C=O) groups excluding carboxylic acids is 2. The second kappa shape index (κ2) is 3.98. The Morgan fingerprint density at radius 3 is 2.15 bits per heavy atom. The Kier molecular flexibility index (Phi) is 3.04. The molecule has 0 saturated heterocycles. The van der Waals surface area contributed by atoms with Crippen molar-refractivity contribution in [1.82, 2.24) is 0 Å². The minimum atomic E-state index is -2.15. The van der Waals surface area contributed by atoms with Crippen LogP contribution in [0.3, 0.4) is 0 Å². The van der Waals surface area contributed by atoms with Crippen molar-refractivity contribution in [1.29, 1.82) is 0 Å². The van der Waals surface area contributed by atoms with E-state index in [4.69, 9.17) is 9.78 Å². The molecule has 1 saturated carbocycles. The average Bonchev–Trinajstić information content (AvgIpc) is 2.38. The third-order valence-electron chi connectivity index (χ3n) is 4.28. The summed E-state index contributed by atoms with van der Waals surface area (Å²) in [6.45, 7) is 7.14. The molecule has 0 aromatic rings. The monoisotopic (exact) mass is 284 g/mol. The summed E-state index contributed by atoms with van der Waals surface area (Å²) in [5.41, 5.74) is -3.90. The van der Waals surface area contributed by atoms with E-state index in [0.29, 0.717) is 0 Å². The van der Waals surface area contributed by atoms with Gasteiger partial charge in [0.25, 0.3) is 0 Å². The molecule has 1 aliphatic heterocycles. The SMILES string of the molecule is CC1(C)C(=O)C2=C[C@](C)(CO)OO[C@]2(O)C(C)(C)C1=O. The van der Waals surface area contributed by atoms with E-state index in [2.05, 4.69) is 0 Å². The fraction of sp³-hybridized carbons (Fsp3) is 0.714. The van der Waals surface area contributed by atoms with Crippen LogP contribution < -0.4 is 0 Å². The van der Waals surface area contributed by atoms with Gasteiger partial charge in [-0.3, -0.25) is 9.59 Å². The van der Waals surface area contributed by atoms with Gasteiger partial charge in [0.2, 0.25) is 5.79 Å². The first-order valence-electron chi connectivity index (χ1n) is 6.45. The molecule has 6 heteroatoms. The number of fused-ring (bicyclic) bond motifs is 1. The maximum atomic E-state index is 12.5. The molecule has 0 amide bonds. The topological polar surface area (TPSA) is 93.1 Å². The molecule has 2 atom stereocenters. The van der Waals surface area contributed by atoms with E-state index >= 15 is 0 Å². The Labute approximate surface area is 117 Å². The summed E-state index contributed by atoms with van der Waals surface area (Å²) >= 11 is 0. The van der Waals surface area contributed by atoms with Gasteiger partial charge in [0.1, 0.15) is 5.60 Å². The molecule has 112 valence electrons. The smallest absolute Gasteiger partial charge is 0.240 e. The first-order chi connectivity index (χ1) is 8.92. The van der Waals surface area contributed by atoms with Gasteiger partial charge in [0.15, 0.2) is 11.6 Å². The number of rotatable bonds is 1. The molecule has 2 N–H and O–H groups in total. The minimum Gasteiger partial charge on any atom is -0.393 e. The molecule has 20 heavy (non-hydrogen) atoms. The Balaban J connectivity index is 2.69. The minimum absolute atomic E-state index is 0.0464. The number of carbonyl (C=O) groups is 2. The molecule has 0 radical (unpaired) electrons. The van der Waals surface area contributed by atoms with E-state index in [0.717, 1.165) is 0 Å². The van der Waals surface area contributed by atoms with Crippen molar-refractivity contribution >= 4 is 11.6 Å². The van der Waals surface area contributed by atoms with Gasteiger partial charge in [0, 0.05) is 0 Å². The normalized spacial score (nSPS) is 39.2. The number of ketones is 2. The van der Waals surface area contributed by atoms with Crippen LogP contribution >= 0.6 is 0 Å². The fourth-order valence-corrected chi connectivity index (χ4v) is 2.73. The third-order valence-corrected chi connectivity index (χ3v) is 4.28. The highest BCUT2D eigenvalue weighted by Crippen LogP contribution is 2.52. The zero-order valence-corrected chi connectivity index (χ0v) is 12.3. The summed E-state index contributed by atoms with van der Waals surface area (Å²) in [6, 6.07) is 0. The van der Waals surface area contributed by atoms with E-state index in [-0.39, 0.29) is 5.57 Å². The Hall–Kier alpha value is -1.08. The van der Waals surface area contributed by atoms with Crippen molar-refractivity contribution in [3.05, 3.63) is 11.6 Å². The van der Waals surface area contributed by atoms with E-state index in [9.17, 15) is 19.8 Å². The zero-order valence-electron chi connectivity index (χ0n) is 12.3. The summed E-state index contributed by atoms with van der Waals surface area (Å²) in [4.78, 5) is 35.0. The van der Waals surface area contributed by atoms with Crippen LogP contribution in [0.2, 0.25) is 0 Å². The highest BCUT2D eigenvalue weighted by atomic mass is 17.2. The Morgan fingerprint density at radius 1 is 1.10 bits per heavy atom. The molecule has 2 rings (SSSR count). The van der Waals surface area contributed by atoms with Crippen LogP contribution in [0.15, 0.2) is 11.6 Å². The molecule has 0 bridgehead atoms. The van der Waals surface area contributed by atoms with Gasteiger partial charge in [-0.15, -0.1) is 0 Å². The lowest BCUT2D eigenvalue weighted by Crippen LogP contribution is -2.66. The van der Waals surface area contributed by atoms with E-state index in [1.54, 1.807) is 0 Å². The predicted molar refractivity (Wildman–Crippen MR) is 68.3 cm³/mol. The number of aliphatic hydroxyl groups is 2. The summed E-state index contributed by atoms with van der Waals surface area (Å²) in [5, 5.41) is 20.0. The van der Waals surface area contributed by atoms with Crippen LogP contribution in [0, 0.1) is 10.8 Å². The van der Waals surface area contributed by atoms with E-state index < -0.39 is 40.4 Å². The summed E-state index contributed by atoms with van der Waals surface area (Å²) < 4.78 is 0. The van der Waals surface area contributed by atoms with Crippen LogP contribution in [0.25, 0.3) is 0 Å². The Bertz CT molecular complexity index is 518. The highest BCUT2D eigenvalue weighted by Gasteiger charge is 2.67. The van der Waals surface area contributed by atoms with Crippen molar-refractivity contribution in [2.45, 2.75) is 46.0 Å². The molecule has 0 aromatic heterocycles. The summed E-state index contributed by atoms with van der Waals surface area (Å²) in [6.07, 6.45) is 1.34. The molecule has 0 aromatic carbocycles. The number of Topliss-reactive ketones (excluding diaryl/α,β-unsaturated/α-hetero) is 2. The summed E-state index contributed by atoms with van der Waals surface area (Å²) in [7, 11) is 0.